The highest BCUT2D eigenvalue weighted by Gasteiger charge is 1.06. The fourth-order valence-electron chi connectivity index (χ4n) is 0. The van der Waals surface area contributed by atoms with Gasteiger partial charge in [0, 0.05) is 1.43 Å². The number of hydrogen-bond acceptors (Lipinski definition) is 2. The molecule has 0 unspecified atom stereocenters. The fourth-order valence-corrected chi connectivity index (χ4v) is 0. The Labute approximate surface area is 39.7 Å². The van der Waals surface area contributed by atoms with Gasteiger partial charge in [0.05, 0.1) is 0 Å². The summed E-state index contributed by atoms with van der Waals surface area (Å²) in [6.45, 7) is 0. The maximum absolute atomic E-state index is 9.00. The van der Waals surface area contributed by atoms with E-state index in [-0.39, 0.29) is 26.1 Å². The second-order valence-electron chi connectivity index (χ2n) is 0. The Balaban J connectivity index is -0.000000000833. The summed E-state index contributed by atoms with van der Waals surface area (Å²) in [5.41, 5.74) is 0. The monoisotopic (exact) mass is 103 g/mol. The van der Waals surface area contributed by atoms with Gasteiger partial charge >= 0.3 is 8.12 Å². The summed E-state index contributed by atoms with van der Waals surface area (Å²) in [6, 6.07) is 0. The zero-order chi connectivity index (χ0) is 2.00. The molecular formula is H9BClFN2. The molecule has 5 heavy (non-hydrogen) atoms. The molecule has 5 heteroatoms. The van der Waals surface area contributed by atoms with Crippen LogP contribution in [-0.2, 0) is 0 Å². The molecule has 0 aromatic rings. The van der Waals surface area contributed by atoms with Crippen molar-refractivity contribution in [2.24, 2.45) is 0 Å². The Morgan fingerprint density at radius 2 is 1.20 bits per heavy atom. The lowest BCUT2D eigenvalue weighted by atomic mass is 10.7. The molecule has 0 fully saturated rings. The first kappa shape index (κ1) is 63.4. The van der Waals surface area contributed by atoms with Crippen molar-refractivity contribution in [3.8, 4) is 0 Å². The predicted molar refractivity (Wildman–Crippen MR) is 26.3 cm³/mol. The Bertz CT molecular complexity index is 13.5. The molecule has 6 N–H and O–H groups in total. The quantitative estimate of drug-likeness (QED) is 0.450. The van der Waals surface area contributed by atoms with Crippen LogP contribution in [0.25, 0.3) is 0 Å². The van der Waals surface area contributed by atoms with Crippen molar-refractivity contribution in [3.05, 3.63) is 0 Å². The Hall–Kier alpha value is 0.205. The van der Waals surface area contributed by atoms with E-state index in [0.29, 0.717) is 0 Å². The molecule has 0 aromatic heterocycles. The van der Waals surface area contributed by atoms with Crippen molar-refractivity contribution in [2.45, 2.75) is 0 Å². The number of halogens is 2. The summed E-state index contributed by atoms with van der Waals surface area (Å²) in [7, 11) is 3.00. The highest BCUT2D eigenvalue weighted by atomic mass is 35.5. The van der Waals surface area contributed by atoms with E-state index in [1.165, 1.54) is 0 Å². The van der Waals surface area contributed by atoms with Crippen LogP contribution in [0.1, 0.15) is 1.43 Å². The first-order valence-electron chi connectivity index (χ1n) is 0.218. The van der Waals surface area contributed by atoms with E-state index in [2.05, 4.69) is 8.12 Å². The second kappa shape index (κ2) is 1030. The van der Waals surface area contributed by atoms with Gasteiger partial charge in [0.15, 0.2) is 0 Å². The van der Waals surface area contributed by atoms with Gasteiger partial charge in [-0.3, -0.25) is 0 Å². The maximum atomic E-state index is 9.00. The van der Waals surface area contributed by atoms with Gasteiger partial charge in [0.2, 0.25) is 0 Å². The third kappa shape index (κ3) is 487. The van der Waals surface area contributed by atoms with Crippen LogP contribution in [-0.4, -0.2) is 8.12 Å². The lowest BCUT2D eigenvalue weighted by molar-refractivity contribution is 0.902. The van der Waals surface area contributed by atoms with Crippen LogP contribution in [0.15, 0.2) is 0 Å². The molecule has 0 atom stereocenters. The van der Waals surface area contributed by atoms with Crippen LogP contribution in [0.4, 0.5) is 4.32 Å². The van der Waals surface area contributed by atoms with Crippen molar-refractivity contribution < 1.29 is 5.74 Å². The molecule has 0 aliphatic rings. The van der Waals surface area contributed by atoms with Crippen LogP contribution in [0.2, 0.25) is 0 Å². The molecule has 2 radical (unpaired) electrons. The summed E-state index contributed by atoms with van der Waals surface area (Å²) in [4.78, 5) is 0. The Kier molecular flexibility index (Phi) is 13000. The molecule has 0 spiro atoms. The molecule has 0 aliphatic carbocycles. The maximum Gasteiger partial charge on any atom is 0.350 e. The largest absolute Gasteiger partial charge is 0.350 e. The minimum absolute atomic E-state index is 0. The molecule has 0 rings (SSSR count). The molecular weight excluding hydrogens is 93.3 g/mol. The summed E-state index contributed by atoms with van der Waals surface area (Å²) in [5.74, 6) is 0. The SMILES string of the molecule is Cl.N.N.[2HH].[B]F. The average Bonchev–Trinajstić information content (AvgIpc) is 1.00. The van der Waals surface area contributed by atoms with Gasteiger partial charge in [-0.05, 0) is 0 Å². The second-order valence-corrected chi connectivity index (χ2v) is 0. The van der Waals surface area contributed by atoms with Crippen LogP contribution in [0, 0.1) is 0 Å². The van der Waals surface area contributed by atoms with E-state index in [0.717, 1.165) is 0 Å². The highest BCUT2D eigenvalue weighted by molar-refractivity contribution is 5.96. The van der Waals surface area contributed by atoms with Gasteiger partial charge in [0.1, 0.15) is 0 Å². The third-order valence-corrected chi connectivity index (χ3v) is 0. The van der Waals surface area contributed by atoms with Crippen LogP contribution < -0.4 is 12.3 Å². The topological polar surface area (TPSA) is 70.0 Å². The molecule has 0 heterocycles. The first-order valence-corrected chi connectivity index (χ1v) is 0.218. The number of hydrogen-bond donors (Lipinski definition) is 2. The van der Waals surface area contributed by atoms with Crippen molar-refractivity contribution >= 4 is 20.5 Å². The molecule has 0 saturated carbocycles. The van der Waals surface area contributed by atoms with Crippen molar-refractivity contribution in [2.75, 3.05) is 0 Å². The van der Waals surface area contributed by atoms with Crippen LogP contribution in [0.5, 0.6) is 0 Å². The van der Waals surface area contributed by atoms with Crippen LogP contribution in [0.3, 0.4) is 0 Å². The van der Waals surface area contributed by atoms with Crippen molar-refractivity contribution in [1.82, 2.24) is 12.3 Å². The molecule has 0 aliphatic heterocycles. The average molecular weight is 103 g/mol. The zero-order valence-corrected chi connectivity index (χ0v) is 3.59. The minimum Gasteiger partial charge on any atom is -0.350 e. The first-order chi connectivity index (χ1) is 1.00. The smallest absolute Gasteiger partial charge is 0.350 e. The highest BCUT2D eigenvalue weighted by Crippen LogP contribution is 1.10. The number of rotatable bonds is 0. The fraction of sp³-hybridized carbons (Fsp3) is 0. The van der Waals surface area contributed by atoms with E-state index < -0.39 is 0 Å². The molecule has 0 amide bonds. The summed E-state index contributed by atoms with van der Waals surface area (Å²) >= 11 is 0. The van der Waals surface area contributed by atoms with Gasteiger partial charge in [-0.1, -0.05) is 0 Å². The molecule has 2 nitrogen and oxygen atoms in total. The van der Waals surface area contributed by atoms with Gasteiger partial charge in [0.25, 0.3) is 0 Å². The van der Waals surface area contributed by atoms with Gasteiger partial charge in [-0.2, -0.15) is 0 Å². The van der Waals surface area contributed by atoms with E-state index >= 15 is 0 Å². The molecule has 0 aromatic carbocycles. The Morgan fingerprint density at radius 3 is 1.20 bits per heavy atom. The lowest BCUT2D eigenvalue weighted by Crippen LogP contribution is -1.06. The summed E-state index contributed by atoms with van der Waals surface area (Å²) < 4.78 is 9.00. The third-order valence-electron chi connectivity index (χ3n) is 0. The summed E-state index contributed by atoms with van der Waals surface area (Å²) in [6.07, 6.45) is 0. The predicted octanol–water partition coefficient (Wildman–Crippen LogP) is 1.03. The molecule has 36 valence electrons. The van der Waals surface area contributed by atoms with Gasteiger partial charge < -0.3 is 16.6 Å². The van der Waals surface area contributed by atoms with E-state index in [4.69, 9.17) is 4.32 Å². The molecule has 0 bridgehead atoms. The van der Waals surface area contributed by atoms with Gasteiger partial charge in [-0.15, -0.1) is 12.4 Å². The zero-order valence-electron chi connectivity index (χ0n) is 2.78. The standard InChI is InChI=1S/BF.ClH.2H3N.H2/c1-2;;;;/h;1H;2*1H3;1H/i;;;;1+1. The van der Waals surface area contributed by atoms with Crippen molar-refractivity contribution in [1.29, 1.82) is 0 Å². The lowest BCUT2D eigenvalue weighted by Gasteiger charge is -1.06. The summed E-state index contributed by atoms with van der Waals surface area (Å²) in [5, 5.41) is 0. The Morgan fingerprint density at radius 1 is 1.20 bits per heavy atom. The van der Waals surface area contributed by atoms with E-state index in [1.807, 2.05) is 0 Å². The van der Waals surface area contributed by atoms with Crippen molar-refractivity contribution in [3.63, 3.8) is 0 Å². The van der Waals surface area contributed by atoms with E-state index in [9.17, 15) is 0 Å². The minimum atomic E-state index is 0. The normalized spacial score (nSPS) is 1.00. The van der Waals surface area contributed by atoms with Gasteiger partial charge in [-0.25, -0.2) is 0 Å². The molecule has 0 saturated heterocycles. The van der Waals surface area contributed by atoms with Crippen LogP contribution >= 0.6 is 12.4 Å². The van der Waals surface area contributed by atoms with E-state index in [1.54, 1.807) is 0 Å².